The fraction of sp³-hybridized carbons (Fsp3) is 0.314. The van der Waals surface area contributed by atoms with E-state index in [0.717, 1.165) is 57.8 Å². The first-order valence-corrected chi connectivity index (χ1v) is 15.4. The summed E-state index contributed by atoms with van der Waals surface area (Å²) in [6, 6.07) is 26.8. The zero-order valence-electron chi connectivity index (χ0n) is 23.8. The molecular formula is C35H37N3O2S. The van der Waals surface area contributed by atoms with Gasteiger partial charge in [-0.3, -0.25) is 9.59 Å². The maximum absolute atomic E-state index is 14.2. The van der Waals surface area contributed by atoms with Gasteiger partial charge in [-0.25, -0.2) is 0 Å². The van der Waals surface area contributed by atoms with Gasteiger partial charge in [-0.1, -0.05) is 85.5 Å². The van der Waals surface area contributed by atoms with E-state index in [2.05, 4.69) is 64.1 Å². The number of nitrogens with one attached hydrogen (secondary N) is 3. The summed E-state index contributed by atoms with van der Waals surface area (Å²) >= 11 is 1.46. The minimum atomic E-state index is -1.15. The van der Waals surface area contributed by atoms with Gasteiger partial charge in [0.2, 0.25) is 5.91 Å². The van der Waals surface area contributed by atoms with Gasteiger partial charge >= 0.3 is 0 Å². The zero-order chi connectivity index (χ0) is 28.5. The molecule has 1 fully saturated rings. The molecule has 3 N–H and O–H groups in total. The van der Waals surface area contributed by atoms with Gasteiger partial charge in [-0.15, -0.1) is 11.3 Å². The van der Waals surface area contributed by atoms with E-state index in [1.54, 1.807) is 0 Å². The van der Waals surface area contributed by atoms with Crippen molar-refractivity contribution in [2.45, 2.75) is 63.3 Å². The molecule has 0 aliphatic heterocycles. The number of benzene rings is 3. The Morgan fingerprint density at radius 1 is 0.951 bits per heavy atom. The summed E-state index contributed by atoms with van der Waals surface area (Å²) in [4.78, 5) is 31.8. The molecule has 210 valence electrons. The molecule has 5 nitrogen and oxygen atoms in total. The number of aromatic amines is 1. The van der Waals surface area contributed by atoms with E-state index < -0.39 is 5.54 Å². The lowest BCUT2D eigenvalue weighted by Crippen LogP contribution is -2.59. The van der Waals surface area contributed by atoms with E-state index in [-0.39, 0.29) is 17.2 Å². The van der Waals surface area contributed by atoms with Gasteiger partial charge in [0.05, 0.1) is 4.88 Å². The number of aromatic nitrogens is 1. The Bertz CT molecular complexity index is 1700. The van der Waals surface area contributed by atoms with Crippen molar-refractivity contribution < 1.29 is 9.59 Å². The molecule has 1 aliphatic rings. The first kappa shape index (κ1) is 27.3. The zero-order valence-corrected chi connectivity index (χ0v) is 24.6. The third kappa shape index (κ3) is 5.53. The number of H-pyrrole nitrogens is 1. The lowest BCUT2D eigenvalue weighted by molar-refractivity contribution is -0.127. The number of thiophene rings is 1. The van der Waals surface area contributed by atoms with Gasteiger partial charge in [0.15, 0.2) is 0 Å². The van der Waals surface area contributed by atoms with E-state index in [9.17, 15) is 9.59 Å². The predicted octanol–water partition coefficient (Wildman–Crippen LogP) is 7.44. The van der Waals surface area contributed by atoms with E-state index in [1.807, 2.05) is 50.4 Å². The smallest absolute Gasteiger partial charge is 0.262 e. The minimum Gasteiger partial charge on any atom is -0.361 e. The van der Waals surface area contributed by atoms with E-state index >= 15 is 0 Å². The number of hydrogen-bond donors (Lipinski definition) is 3. The second-order valence-corrected chi connectivity index (χ2v) is 12.9. The van der Waals surface area contributed by atoms with Crippen LogP contribution in [0.15, 0.2) is 85.1 Å². The van der Waals surface area contributed by atoms with Crippen molar-refractivity contribution in [1.29, 1.82) is 0 Å². The molecule has 5 aromatic rings. The van der Waals surface area contributed by atoms with Crippen LogP contribution in [0.2, 0.25) is 0 Å². The molecule has 2 aromatic heterocycles. The number of amides is 2. The monoisotopic (exact) mass is 563 g/mol. The lowest BCUT2D eigenvalue weighted by atomic mass is 9.69. The summed E-state index contributed by atoms with van der Waals surface area (Å²) in [5.74, 6) is -0.384. The van der Waals surface area contributed by atoms with Crippen LogP contribution in [0, 0.1) is 6.92 Å². The highest BCUT2D eigenvalue weighted by Gasteiger charge is 2.40. The van der Waals surface area contributed by atoms with Crippen molar-refractivity contribution in [1.82, 2.24) is 15.6 Å². The molecule has 3 aromatic carbocycles. The van der Waals surface area contributed by atoms with Crippen molar-refractivity contribution in [3.05, 3.63) is 107 Å². The molecule has 1 unspecified atom stereocenters. The average Bonchev–Trinajstić information content (AvgIpc) is 3.61. The Kier molecular flexibility index (Phi) is 7.43. The molecule has 0 saturated heterocycles. The standard InChI is InChI=1S/C35H37N3O2S/c1-24-15-16-30-25(19-24)20-31(41-30)32(39)38-34(2,21-26-22-36-29-14-8-7-13-28(26)29)33(40)37-23-35(17-9-4-10-18-35)27-11-5-3-6-12-27/h3,5-8,11-16,19-20,22,36H,4,9-10,17-18,21,23H2,1-2H3,(H,37,40)(H,38,39). The summed E-state index contributed by atoms with van der Waals surface area (Å²) in [7, 11) is 0. The van der Waals surface area contributed by atoms with Crippen LogP contribution < -0.4 is 10.6 Å². The van der Waals surface area contributed by atoms with Crippen LogP contribution in [0.5, 0.6) is 0 Å². The first-order valence-electron chi connectivity index (χ1n) is 14.6. The van der Waals surface area contributed by atoms with E-state index in [0.29, 0.717) is 17.8 Å². The molecule has 41 heavy (non-hydrogen) atoms. The Labute approximate surface area is 245 Å². The number of rotatable bonds is 8. The Hall–Kier alpha value is -3.90. The molecule has 6 rings (SSSR count). The third-order valence-electron chi connectivity index (χ3n) is 8.79. The van der Waals surface area contributed by atoms with Crippen LogP contribution in [0.1, 0.15) is 65.4 Å². The van der Waals surface area contributed by atoms with Crippen molar-refractivity contribution in [2.75, 3.05) is 6.54 Å². The summed E-state index contributed by atoms with van der Waals surface area (Å²) in [5, 5.41) is 8.60. The molecule has 1 aliphatic carbocycles. The minimum absolute atomic E-state index is 0.0930. The summed E-state index contributed by atoms with van der Waals surface area (Å²) < 4.78 is 1.06. The Morgan fingerprint density at radius 2 is 1.71 bits per heavy atom. The lowest BCUT2D eigenvalue weighted by Gasteiger charge is -2.39. The number of hydrogen-bond acceptors (Lipinski definition) is 3. The van der Waals surface area contributed by atoms with Crippen LogP contribution in [-0.2, 0) is 16.6 Å². The van der Waals surface area contributed by atoms with Crippen molar-refractivity contribution in [2.24, 2.45) is 0 Å². The van der Waals surface area contributed by atoms with E-state index in [4.69, 9.17) is 0 Å². The van der Waals surface area contributed by atoms with Crippen LogP contribution in [0.4, 0.5) is 0 Å². The van der Waals surface area contributed by atoms with Gasteiger partial charge in [0, 0.05) is 40.2 Å². The van der Waals surface area contributed by atoms with E-state index in [1.165, 1.54) is 23.3 Å². The molecule has 0 radical (unpaired) electrons. The number of carbonyl (C=O) groups excluding carboxylic acids is 2. The molecule has 0 bridgehead atoms. The average molecular weight is 564 g/mol. The quantitative estimate of drug-likeness (QED) is 0.184. The highest BCUT2D eigenvalue weighted by molar-refractivity contribution is 7.20. The highest BCUT2D eigenvalue weighted by atomic mass is 32.1. The predicted molar refractivity (Wildman–Crippen MR) is 169 cm³/mol. The van der Waals surface area contributed by atoms with Crippen LogP contribution >= 0.6 is 11.3 Å². The van der Waals surface area contributed by atoms with Crippen LogP contribution in [0.3, 0.4) is 0 Å². The summed E-state index contributed by atoms with van der Waals surface area (Å²) in [5.41, 5.74) is 3.21. The molecule has 6 heteroatoms. The fourth-order valence-electron chi connectivity index (χ4n) is 6.46. The topological polar surface area (TPSA) is 74.0 Å². The second kappa shape index (κ2) is 11.2. The molecule has 1 atom stereocenters. The number of carbonyl (C=O) groups is 2. The Morgan fingerprint density at radius 3 is 2.51 bits per heavy atom. The molecule has 0 spiro atoms. The Balaban J connectivity index is 1.30. The molecular weight excluding hydrogens is 526 g/mol. The molecule has 1 saturated carbocycles. The normalized spacial score (nSPS) is 16.3. The highest BCUT2D eigenvalue weighted by Crippen LogP contribution is 2.39. The number of fused-ring (bicyclic) bond motifs is 2. The third-order valence-corrected chi connectivity index (χ3v) is 9.90. The number of para-hydroxylation sites is 1. The van der Waals surface area contributed by atoms with Gasteiger partial charge < -0.3 is 15.6 Å². The summed E-state index contributed by atoms with van der Waals surface area (Å²) in [6.07, 6.45) is 7.95. The SMILES string of the molecule is Cc1ccc2sc(C(=O)NC(C)(Cc3c[nH]c4ccccc34)C(=O)NCC3(c4ccccc4)CCCCC3)cc2c1. The number of aryl methyl sites for hydroxylation is 1. The van der Waals surface area contributed by atoms with Gasteiger partial charge in [-0.2, -0.15) is 0 Å². The van der Waals surface area contributed by atoms with Gasteiger partial charge in [0.25, 0.3) is 5.91 Å². The summed E-state index contributed by atoms with van der Waals surface area (Å²) in [6.45, 7) is 4.46. The van der Waals surface area contributed by atoms with Crippen molar-refractivity contribution in [3.8, 4) is 0 Å². The largest absolute Gasteiger partial charge is 0.361 e. The fourth-order valence-corrected chi connectivity index (χ4v) is 7.40. The second-order valence-electron chi connectivity index (χ2n) is 11.9. The van der Waals surface area contributed by atoms with Gasteiger partial charge in [-0.05, 0) is 61.4 Å². The maximum Gasteiger partial charge on any atom is 0.262 e. The van der Waals surface area contributed by atoms with Crippen LogP contribution in [-0.4, -0.2) is 28.9 Å². The van der Waals surface area contributed by atoms with Crippen molar-refractivity contribution in [3.63, 3.8) is 0 Å². The van der Waals surface area contributed by atoms with Crippen molar-refractivity contribution >= 4 is 44.1 Å². The molecule has 2 amide bonds. The van der Waals surface area contributed by atoms with Gasteiger partial charge in [0.1, 0.15) is 5.54 Å². The maximum atomic E-state index is 14.2. The van der Waals surface area contributed by atoms with Crippen LogP contribution in [0.25, 0.3) is 21.0 Å². The molecule has 2 heterocycles. The first-order chi connectivity index (χ1) is 19.9.